The zero-order valence-electron chi connectivity index (χ0n) is 11.1. The van der Waals surface area contributed by atoms with Crippen molar-refractivity contribution in [3.63, 3.8) is 0 Å². The minimum atomic E-state index is -6.92. The Labute approximate surface area is 129 Å². The quantitative estimate of drug-likeness (QED) is 0.330. The van der Waals surface area contributed by atoms with Crippen molar-refractivity contribution in [2.75, 3.05) is 0 Å². The van der Waals surface area contributed by atoms with Crippen LogP contribution in [0.5, 0.6) is 0 Å². The molecule has 1 rings (SSSR count). The standard InChI is InChI=1S/C11H2F12O2/c12-3-2(4(13)6(15)7(16)5(3)14)1-25-8(24)9(17,18)10(19,20)11(21,22)23/h1H2. The second kappa shape index (κ2) is 6.29. The average molecular weight is 394 g/mol. The molecule has 0 saturated carbocycles. The van der Waals surface area contributed by atoms with Crippen LogP contribution in [0.4, 0.5) is 52.7 Å². The van der Waals surface area contributed by atoms with Crippen LogP contribution < -0.4 is 0 Å². The molecule has 0 spiro atoms. The third kappa shape index (κ3) is 3.33. The molecule has 0 heterocycles. The van der Waals surface area contributed by atoms with Crippen LogP contribution in [0.25, 0.3) is 0 Å². The van der Waals surface area contributed by atoms with Crippen molar-refractivity contribution in [3.8, 4) is 0 Å². The third-order valence-corrected chi connectivity index (χ3v) is 2.66. The van der Waals surface area contributed by atoms with E-state index < -0.39 is 65.2 Å². The summed E-state index contributed by atoms with van der Waals surface area (Å²) in [5, 5.41) is 0. The number of ether oxygens (including phenoxy) is 1. The number of hydrogen-bond donors (Lipinski definition) is 0. The molecule has 0 aliphatic carbocycles. The van der Waals surface area contributed by atoms with Gasteiger partial charge in [-0.05, 0) is 0 Å². The average Bonchev–Trinajstić information content (AvgIpc) is 2.49. The lowest BCUT2D eigenvalue weighted by atomic mass is 10.1. The van der Waals surface area contributed by atoms with E-state index >= 15 is 0 Å². The Hall–Kier alpha value is -2.15. The zero-order valence-corrected chi connectivity index (χ0v) is 11.1. The Balaban J connectivity index is 3.13. The van der Waals surface area contributed by atoms with Crippen LogP contribution in [-0.4, -0.2) is 24.0 Å². The summed E-state index contributed by atoms with van der Waals surface area (Å²) in [5.41, 5.74) is -2.03. The highest BCUT2D eigenvalue weighted by Crippen LogP contribution is 2.47. The van der Waals surface area contributed by atoms with E-state index in [0.717, 1.165) is 0 Å². The molecule has 0 radical (unpaired) electrons. The highest BCUT2D eigenvalue weighted by molar-refractivity contribution is 5.79. The maximum Gasteiger partial charge on any atom is 0.460 e. The molecular formula is C11H2F12O2. The Morgan fingerprint density at radius 1 is 0.720 bits per heavy atom. The van der Waals surface area contributed by atoms with Crippen molar-refractivity contribution < 1.29 is 62.2 Å². The molecule has 14 heteroatoms. The largest absolute Gasteiger partial charge is 0.460 e. The summed E-state index contributed by atoms with van der Waals surface area (Å²) in [7, 11) is 0. The molecule has 142 valence electrons. The Morgan fingerprint density at radius 2 is 1.08 bits per heavy atom. The number of esters is 1. The van der Waals surface area contributed by atoms with Gasteiger partial charge in [0.15, 0.2) is 23.3 Å². The smallest absolute Gasteiger partial charge is 0.456 e. The number of alkyl halides is 7. The summed E-state index contributed by atoms with van der Waals surface area (Å²) in [5.74, 6) is -30.2. The van der Waals surface area contributed by atoms with Crippen molar-refractivity contribution in [2.45, 2.75) is 24.6 Å². The minimum absolute atomic E-state index is 2.03. The molecule has 1 aromatic carbocycles. The van der Waals surface area contributed by atoms with E-state index in [1.165, 1.54) is 0 Å². The van der Waals surface area contributed by atoms with E-state index in [4.69, 9.17) is 0 Å². The van der Waals surface area contributed by atoms with Crippen molar-refractivity contribution in [2.24, 2.45) is 0 Å². The van der Waals surface area contributed by atoms with Crippen molar-refractivity contribution in [1.29, 1.82) is 0 Å². The number of carbonyl (C=O) groups excluding carboxylic acids is 1. The van der Waals surface area contributed by atoms with Crippen LogP contribution in [0.3, 0.4) is 0 Å². The zero-order chi connectivity index (χ0) is 20.0. The lowest BCUT2D eigenvalue weighted by Crippen LogP contribution is -2.56. The summed E-state index contributed by atoms with van der Waals surface area (Å²) < 4.78 is 154. The fourth-order valence-corrected chi connectivity index (χ4v) is 1.31. The summed E-state index contributed by atoms with van der Waals surface area (Å²) in [6.07, 6.45) is -6.90. The van der Waals surface area contributed by atoms with Crippen LogP contribution in [0.1, 0.15) is 5.56 Å². The summed E-state index contributed by atoms with van der Waals surface area (Å²) in [6.45, 7) is -2.23. The molecule has 0 aliphatic heterocycles. The number of hydrogen-bond acceptors (Lipinski definition) is 2. The lowest BCUT2D eigenvalue weighted by Gasteiger charge is -2.26. The van der Waals surface area contributed by atoms with E-state index in [1.807, 2.05) is 0 Å². The van der Waals surface area contributed by atoms with Crippen molar-refractivity contribution >= 4 is 5.97 Å². The van der Waals surface area contributed by atoms with Crippen molar-refractivity contribution in [1.82, 2.24) is 0 Å². The van der Waals surface area contributed by atoms with Gasteiger partial charge in [-0.3, -0.25) is 0 Å². The van der Waals surface area contributed by atoms with E-state index in [-0.39, 0.29) is 0 Å². The highest BCUT2D eigenvalue weighted by Gasteiger charge is 2.77. The molecule has 0 N–H and O–H groups in total. The first-order valence-electron chi connectivity index (χ1n) is 5.57. The third-order valence-electron chi connectivity index (χ3n) is 2.66. The van der Waals surface area contributed by atoms with Gasteiger partial charge in [-0.25, -0.2) is 26.7 Å². The first-order valence-corrected chi connectivity index (χ1v) is 5.57. The summed E-state index contributed by atoms with van der Waals surface area (Å²) >= 11 is 0. The maximum absolute atomic E-state index is 13.1. The van der Waals surface area contributed by atoms with Gasteiger partial charge in [-0.15, -0.1) is 0 Å². The van der Waals surface area contributed by atoms with Gasteiger partial charge >= 0.3 is 24.0 Å². The first kappa shape index (κ1) is 20.9. The van der Waals surface area contributed by atoms with E-state index in [0.29, 0.717) is 0 Å². The molecule has 0 bridgehead atoms. The minimum Gasteiger partial charge on any atom is -0.456 e. The molecule has 0 aromatic heterocycles. The van der Waals surface area contributed by atoms with Gasteiger partial charge < -0.3 is 4.74 Å². The fraction of sp³-hybridized carbons (Fsp3) is 0.364. The summed E-state index contributed by atoms with van der Waals surface area (Å²) in [4.78, 5) is 10.7. The number of rotatable bonds is 4. The molecule has 0 amide bonds. The monoisotopic (exact) mass is 394 g/mol. The SMILES string of the molecule is O=C(OCc1c(F)c(F)c(F)c(F)c1F)C(F)(F)C(F)(F)C(F)(F)F. The Bertz CT molecular complexity index is 664. The van der Waals surface area contributed by atoms with E-state index in [2.05, 4.69) is 4.74 Å². The van der Waals surface area contributed by atoms with E-state index in [1.54, 1.807) is 0 Å². The van der Waals surface area contributed by atoms with Crippen LogP contribution in [-0.2, 0) is 16.1 Å². The Kier molecular flexibility index (Phi) is 5.26. The predicted molar refractivity (Wildman–Crippen MR) is 52.0 cm³/mol. The van der Waals surface area contributed by atoms with Gasteiger partial charge in [-0.2, -0.15) is 30.7 Å². The molecule has 2 nitrogen and oxygen atoms in total. The van der Waals surface area contributed by atoms with E-state index in [9.17, 15) is 57.5 Å². The van der Waals surface area contributed by atoms with Gasteiger partial charge in [0.05, 0.1) is 5.56 Å². The van der Waals surface area contributed by atoms with Crippen LogP contribution in [0, 0.1) is 29.1 Å². The first-order chi connectivity index (χ1) is 11.1. The predicted octanol–water partition coefficient (Wildman–Crippen LogP) is 4.26. The molecule has 0 fully saturated rings. The molecule has 25 heavy (non-hydrogen) atoms. The molecule has 1 aromatic rings. The molecular weight excluding hydrogens is 392 g/mol. The van der Waals surface area contributed by atoms with Gasteiger partial charge in [0.25, 0.3) is 0 Å². The maximum atomic E-state index is 13.1. The topological polar surface area (TPSA) is 26.3 Å². The number of halogens is 12. The Morgan fingerprint density at radius 3 is 1.44 bits per heavy atom. The molecule has 0 aliphatic rings. The van der Waals surface area contributed by atoms with Gasteiger partial charge in [0.2, 0.25) is 5.82 Å². The molecule has 0 unspecified atom stereocenters. The number of carbonyl (C=O) groups is 1. The second-order valence-corrected chi connectivity index (χ2v) is 4.27. The summed E-state index contributed by atoms with van der Waals surface area (Å²) in [6, 6.07) is 0. The van der Waals surface area contributed by atoms with Crippen LogP contribution >= 0.6 is 0 Å². The lowest BCUT2D eigenvalue weighted by molar-refractivity contribution is -0.348. The van der Waals surface area contributed by atoms with Crippen LogP contribution in [0.15, 0.2) is 0 Å². The number of benzene rings is 1. The van der Waals surface area contributed by atoms with Crippen LogP contribution in [0.2, 0.25) is 0 Å². The second-order valence-electron chi connectivity index (χ2n) is 4.27. The normalized spacial score (nSPS) is 13.1. The molecule has 0 atom stereocenters. The highest BCUT2D eigenvalue weighted by atomic mass is 19.4. The van der Waals surface area contributed by atoms with Gasteiger partial charge in [-0.1, -0.05) is 0 Å². The van der Waals surface area contributed by atoms with Gasteiger partial charge in [0.1, 0.15) is 6.61 Å². The van der Waals surface area contributed by atoms with Crippen molar-refractivity contribution in [3.05, 3.63) is 34.6 Å². The molecule has 0 saturated heterocycles. The fourth-order valence-electron chi connectivity index (χ4n) is 1.31. The van der Waals surface area contributed by atoms with Gasteiger partial charge in [0, 0.05) is 0 Å².